The molecule has 1 saturated heterocycles. The highest BCUT2D eigenvalue weighted by Crippen LogP contribution is 2.46. The average molecular weight is 364 g/mol. The maximum atomic E-state index is 10.6. The highest BCUT2D eigenvalue weighted by atomic mass is 79.9. The molecule has 1 aromatic rings. The second kappa shape index (κ2) is 6.99. The van der Waals surface area contributed by atoms with E-state index in [1.54, 1.807) is 6.07 Å². The molecule has 5 heteroatoms. The summed E-state index contributed by atoms with van der Waals surface area (Å²) < 4.78 is 0.916. The molecule has 1 heterocycles. The summed E-state index contributed by atoms with van der Waals surface area (Å²) in [7, 11) is 0. The van der Waals surface area contributed by atoms with Gasteiger partial charge in [0, 0.05) is 42.3 Å². The van der Waals surface area contributed by atoms with Crippen molar-refractivity contribution in [2.45, 2.75) is 31.7 Å². The van der Waals surface area contributed by atoms with Gasteiger partial charge in [-0.05, 0) is 30.9 Å². The Balaban J connectivity index is 2.03. The Hall–Kier alpha value is -1.09. The molecule has 4 nitrogen and oxygen atoms in total. The Morgan fingerprint density at radius 3 is 2.59 bits per heavy atom. The van der Waals surface area contributed by atoms with Crippen LogP contribution in [0.15, 0.2) is 16.6 Å². The zero-order valence-corrected chi connectivity index (χ0v) is 14.3. The molecule has 0 unspecified atom stereocenters. The lowest BCUT2D eigenvalue weighted by molar-refractivity contribution is 0.122. The molecule has 0 bridgehead atoms. The molecule has 3 rings (SSSR count). The molecule has 0 aromatic heterocycles. The quantitative estimate of drug-likeness (QED) is 0.865. The second-order valence-electron chi connectivity index (χ2n) is 6.24. The number of hydrogen-bond acceptors (Lipinski definition) is 4. The molecule has 2 aliphatic rings. The summed E-state index contributed by atoms with van der Waals surface area (Å²) in [4.78, 5) is 2.48. The molecule has 2 fully saturated rings. The number of aromatic hydroxyl groups is 1. The highest BCUT2D eigenvalue weighted by Gasteiger charge is 2.35. The van der Waals surface area contributed by atoms with E-state index in [9.17, 15) is 10.4 Å². The van der Waals surface area contributed by atoms with Crippen molar-refractivity contribution < 1.29 is 5.11 Å². The van der Waals surface area contributed by atoms with Crippen molar-refractivity contribution in [3.8, 4) is 11.8 Å². The summed E-state index contributed by atoms with van der Waals surface area (Å²) in [5.74, 6) is 0.724. The van der Waals surface area contributed by atoms with Crippen molar-refractivity contribution in [3.05, 3.63) is 27.7 Å². The first kappa shape index (κ1) is 15.8. The fourth-order valence-electron chi connectivity index (χ4n) is 3.90. The predicted octanol–water partition coefficient (Wildman–Crippen LogP) is 3.16. The van der Waals surface area contributed by atoms with E-state index in [4.69, 9.17) is 0 Å². The molecule has 1 aliphatic carbocycles. The Morgan fingerprint density at radius 1 is 1.27 bits per heavy atom. The van der Waals surface area contributed by atoms with Gasteiger partial charge in [0.15, 0.2) is 0 Å². The van der Waals surface area contributed by atoms with Crippen LogP contribution >= 0.6 is 15.9 Å². The molecule has 0 spiro atoms. The first-order chi connectivity index (χ1) is 10.7. The summed E-state index contributed by atoms with van der Waals surface area (Å²) in [6, 6.07) is 5.90. The minimum Gasteiger partial charge on any atom is -0.506 e. The number of phenols is 1. The minimum absolute atomic E-state index is 0.160. The smallest absolute Gasteiger partial charge is 0.139 e. The molecule has 0 amide bonds. The number of benzene rings is 1. The molecule has 0 radical (unpaired) electrons. The monoisotopic (exact) mass is 363 g/mol. The van der Waals surface area contributed by atoms with Crippen LogP contribution in [0.4, 0.5) is 0 Å². The topological polar surface area (TPSA) is 59.3 Å². The van der Waals surface area contributed by atoms with E-state index in [0.717, 1.165) is 36.2 Å². The van der Waals surface area contributed by atoms with Crippen molar-refractivity contribution in [1.82, 2.24) is 10.2 Å². The fourth-order valence-corrected chi connectivity index (χ4v) is 4.46. The lowest BCUT2D eigenvalue weighted by Crippen LogP contribution is -2.46. The minimum atomic E-state index is 0.160. The van der Waals surface area contributed by atoms with Gasteiger partial charge in [0.25, 0.3) is 0 Å². The van der Waals surface area contributed by atoms with Crippen molar-refractivity contribution >= 4 is 15.9 Å². The van der Waals surface area contributed by atoms with E-state index in [2.05, 4.69) is 32.2 Å². The summed E-state index contributed by atoms with van der Waals surface area (Å²) in [5, 5.41) is 23.3. The Bertz CT molecular complexity index is 572. The van der Waals surface area contributed by atoms with Crippen molar-refractivity contribution in [2.75, 3.05) is 26.2 Å². The highest BCUT2D eigenvalue weighted by molar-refractivity contribution is 9.10. The maximum Gasteiger partial charge on any atom is 0.139 e. The predicted molar refractivity (Wildman–Crippen MR) is 89.7 cm³/mol. The van der Waals surface area contributed by atoms with E-state index in [1.165, 1.54) is 25.7 Å². The zero-order chi connectivity index (χ0) is 15.5. The lowest BCUT2D eigenvalue weighted by atomic mass is 9.88. The van der Waals surface area contributed by atoms with Gasteiger partial charge < -0.3 is 10.4 Å². The van der Waals surface area contributed by atoms with Crippen LogP contribution in [0.1, 0.15) is 42.9 Å². The Labute approximate surface area is 140 Å². The summed E-state index contributed by atoms with van der Waals surface area (Å²) >= 11 is 3.61. The fraction of sp³-hybridized carbons (Fsp3) is 0.588. The van der Waals surface area contributed by atoms with E-state index in [0.29, 0.717) is 11.5 Å². The van der Waals surface area contributed by atoms with Crippen molar-refractivity contribution in [1.29, 1.82) is 5.26 Å². The van der Waals surface area contributed by atoms with Crippen LogP contribution in [0.25, 0.3) is 0 Å². The first-order valence-corrected chi connectivity index (χ1v) is 8.88. The van der Waals surface area contributed by atoms with Crippen LogP contribution in [0, 0.1) is 17.2 Å². The summed E-state index contributed by atoms with van der Waals surface area (Å²) in [5.41, 5.74) is 1.28. The Kier molecular flexibility index (Phi) is 5.02. The van der Waals surface area contributed by atoms with E-state index >= 15 is 0 Å². The van der Waals surface area contributed by atoms with Crippen molar-refractivity contribution in [2.24, 2.45) is 5.92 Å². The number of halogens is 1. The van der Waals surface area contributed by atoms with Crippen LogP contribution in [0.3, 0.4) is 0 Å². The van der Waals surface area contributed by atoms with Gasteiger partial charge in [-0.1, -0.05) is 28.8 Å². The van der Waals surface area contributed by atoms with Gasteiger partial charge in [0.05, 0.1) is 5.56 Å². The Morgan fingerprint density at radius 2 is 1.95 bits per heavy atom. The third kappa shape index (κ3) is 3.01. The van der Waals surface area contributed by atoms with Crippen molar-refractivity contribution in [3.63, 3.8) is 0 Å². The maximum absolute atomic E-state index is 10.6. The van der Waals surface area contributed by atoms with Gasteiger partial charge in [0.1, 0.15) is 11.8 Å². The van der Waals surface area contributed by atoms with Crippen LogP contribution in [-0.2, 0) is 0 Å². The van der Waals surface area contributed by atoms with E-state index in [1.807, 2.05) is 6.07 Å². The number of rotatable bonds is 3. The van der Waals surface area contributed by atoms with Gasteiger partial charge >= 0.3 is 0 Å². The third-order valence-electron chi connectivity index (χ3n) is 4.97. The molecular formula is C17H22BrN3O. The molecule has 1 atom stereocenters. The van der Waals surface area contributed by atoms with Gasteiger partial charge in [-0.25, -0.2) is 0 Å². The summed E-state index contributed by atoms with van der Waals surface area (Å²) in [6.45, 7) is 3.95. The largest absolute Gasteiger partial charge is 0.506 e. The second-order valence-corrected chi connectivity index (χ2v) is 7.10. The number of hydrogen-bond donors (Lipinski definition) is 2. The van der Waals surface area contributed by atoms with Crippen LogP contribution < -0.4 is 5.32 Å². The number of phenolic OH excluding ortho intramolecular Hbond substituents is 1. The molecular weight excluding hydrogens is 342 g/mol. The summed E-state index contributed by atoms with van der Waals surface area (Å²) in [6.07, 6.45) is 4.95. The van der Waals surface area contributed by atoms with Gasteiger partial charge in [0.2, 0.25) is 0 Å². The molecule has 1 aromatic carbocycles. The van der Waals surface area contributed by atoms with Gasteiger partial charge in [-0.15, -0.1) is 0 Å². The number of nitrogens with one attached hydrogen (secondary N) is 1. The lowest BCUT2D eigenvalue weighted by Gasteiger charge is -2.39. The van der Waals surface area contributed by atoms with Crippen LogP contribution in [-0.4, -0.2) is 36.2 Å². The van der Waals surface area contributed by atoms with Crippen LogP contribution in [0.5, 0.6) is 5.75 Å². The van der Waals surface area contributed by atoms with Gasteiger partial charge in [-0.2, -0.15) is 5.26 Å². The molecule has 118 valence electrons. The standard InChI is InChI=1S/C17H22BrN3O/c18-14-6-5-13(11-19)17(22)15(14)16(12-3-1-2-4-12)21-9-7-20-8-10-21/h5-6,12,16,20,22H,1-4,7-10H2/t16-/m1/s1. The molecule has 22 heavy (non-hydrogen) atoms. The van der Waals surface area contributed by atoms with Gasteiger partial charge in [-0.3, -0.25) is 4.90 Å². The van der Waals surface area contributed by atoms with E-state index < -0.39 is 0 Å². The number of nitrogens with zero attached hydrogens (tertiary/aromatic N) is 2. The number of piperazine rings is 1. The third-order valence-corrected chi connectivity index (χ3v) is 5.66. The zero-order valence-electron chi connectivity index (χ0n) is 12.7. The average Bonchev–Trinajstić information content (AvgIpc) is 3.06. The molecule has 1 aliphatic heterocycles. The first-order valence-electron chi connectivity index (χ1n) is 8.08. The number of nitriles is 1. The molecule has 1 saturated carbocycles. The van der Waals surface area contributed by atoms with Crippen LogP contribution in [0.2, 0.25) is 0 Å². The normalized spacial score (nSPS) is 21.6. The molecule has 2 N–H and O–H groups in total. The SMILES string of the molecule is N#Cc1ccc(Br)c([C@@H](C2CCCC2)N2CCNCC2)c1O. The van der Waals surface area contributed by atoms with E-state index in [-0.39, 0.29) is 11.8 Å².